The summed E-state index contributed by atoms with van der Waals surface area (Å²) in [7, 11) is -2.56. The lowest BCUT2D eigenvalue weighted by molar-refractivity contribution is -0.0323. The molecule has 0 aromatic heterocycles. The van der Waals surface area contributed by atoms with E-state index in [4.69, 9.17) is 23.8 Å². The Morgan fingerprint density at radius 3 is 2.46 bits per heavy atom. The number of hydrogen-bond acceptors (Lipinski definition) is 10. The lowest BCUT2D eigenvalue weighted by Crippen LogP contribution is -2.47. The maximum atomic E-state index is 13.4. The third-order valence-corrected chi connectivity index (χ3v) is 7.73. The molecule has 0 saturated heterocycles. The van der Waals surface area contributed by atoms with Crippen LogP contribution >= 0.6 is 0 Å². The number of aliphatic hydroxyl groups excluding tert-OH is 1. The number of nitrogens with one attached hydrogen (secondary N) is 2. The van der Waals surface area contributed by atoms with Crippen LogP contribution in [0, 0.1) is 5.92 Å². The van der Waals surface area contributed by atoms with Crippen LogP contribution in [-0.4, -0.2) is 83.0 Å². The second-order valence-electron chi connectivity index (χ2n) is 10.1. The number of hydroxylamine groups is 1. The van der Waals surface area contributed by atoms with Crippen LogP contribution < -0.4 is 24.8 Å². The number of nitrogens with zero attached hydrogens (tertiary/aromatic N) is 1. The van der Waals surface area contributed by atoms with Gasteiger partial charge in [0.2, 0.25) is 6.79 Å². The van der Waals surface area contributed by atoms with Crippen LogP contribution in [-0.2, 0) is 26.0 Å². The fraction of sp³-hybridized carbons (Fsp3) is 0.536. The highest BCUT2D eigenvalue weighted by molar-refractivity contribution is 7.89. The van der Waals surface area contributed by atoms with Crippen LogP contribution in [0.3, 0.4) is 0 Å². The topological polar surface area (TPSA) is 145 Å². The van der Waals surface area contributed by atoms with Gasteiger partial charge < -0.3 is 39.5 Å². The Labute approximate surface area is 241 Å². The summed E-state index contributed by atoms with van der Waals surface area (Å²) in [5.41, 5.74) is 0.844. The molecule has 0 radical (unpaired) electrons. The molecular formula is C28H41N3O9S. The second kappa shape index (κ2) is 15.8. The average molecular weight is 596 g/mol. The summed E-state index contributed by atoms with van der Waals surface area (Å²) in [4.78, 5) is 18.1. The molecule has 1 aliphatic heterocycles. The maximum absolute atomic E-state index is 13.4. The molecular weight excluding hydrogens is 554 g/mol. The normalized spacial score (nSPS) is 14.2. The van der Waals surface area contributed by atoms with Gasteiger partial charge in [-0.25, -0.2) is 13.2 Å². The van der Waals surface area contributed by atoms with Gasteiger partial charge in [0.1, 0.15) is 5.75 Å². The molecule has 228 valence electrons. The molecule has 0 aliphatic carbocycles. The largest absolute Gasteiger partial charge is 0.494 e. The predicted octanol–water partition coefficient (Wildman–Crippen LogP) is 2.70. The highest BCUT2D eigenvalue weighted by atomic mass is 32.2. The van der Waals surface area contributed by atoms with Crippen LogP contribution in [0.25, 0.3) is 0 Å². The van der Waals surface area contributed by atoms with E-state index >= 15 is 0 Å². The van der Waals surface area contributed by atoms with Gasteiger partial charge in [0.25, 0.3) is 10.0 Å². The molecule has 2 aromatic carbocycles. The van der Waals surface area contributed by atoms with Crippen LogP contribution in [0.1, 0.15) is 32.8 Å². The third kappa shape index (κ3) is 10.0. The molecule has 0 spiro atoms. The van der Waals surface area contributed by atoms with E-state index in [-0.39, 0.29) is 30.6 Å². The quantitative estimate of drug-likeness (QED) is 0.184. The summed E-state index contributed by atoms with van der Waals surface area (Å²) in [6.45, 7) is 7.91. The smallest absolute Gasteiger partial charge is 0.427 e. The molecule has 1 aliphatic rings. The van der Waals surface area contributed by atoms with Gasteiger partial charge in [0, 0.05) is 19.7 Å². The highest BCUT2D eigenvalue weighted by Gasteiger charge is 2.32. The lowest BCUT2D eigenvalue weighted by atomic mass is 10.0. The molecule has 0 saturated carbocycles. The van der Waals surface area contributed by atoms with E-state index < -0.39 is 28.3 Å². The van der Waals surface area contributed by atoms with Crippen molar-refractivity contribution in [2.24, 2.45) is 5.92 Å². The zero-order valence-corrected chi connectivity index (χ0v) is 24.8. The molecule has 1 amide bonds. The van der Waals surface area contributed by atoms with Gasteiger partial charge in [-0.1, -0.05) is 26.0 Å². The molecule has 12 nitrogen and oxygen atoms in total. The standard InChI is InChI=1S/C28H41N3O9S/c1-20(2)18-31(41(34,35)24-10-11-26-27(17-24)39-19-38-26)40-28(33)30-25(21(3)32)16-22-6-8-23(9-7-22)37-14-5-12-29-13-15-36-4/h6-11,17,20-21,25,29,32H,5,12-16,18-19H2,1-4H3,(H,30,33). The first-order valence-electron chi connectivity index (χ1n) is 13.6. The minimum Gasteiger partial charge on any atom is -0.494 e. The van der Waals surface area contributed by atoms with Crippen molar-refractivity contribution < 1.29 is 42.1 Å². The fourth-order valence-corrected chi connectivity index (χ4v) is 5.30. The van der Waals surface area contributed by atoms with Crippen molar-refractivity contribution in [3.63, 3.8) is 0 Å². The predicted molar refractivity (Wildman–Crippen MR) is 151 cm³/mol. The number of fused-ring (bicyclic) bond motifs is 1. The van der Waals surface area contributed by atoms with Crippen LogP contribution in [0.4, 0.5) is 4.79 Å². The van der Waals surface area contributed by atoms with E-state index in [1.165, 1.54) is 18.2 Å². The van der Waals surface area contributed by atoms with Gasteiger partial charge in [0.05, 0.1) is 36.8 Å². The number of carbonyl (C=O) groups excluding carboxylic acids is 1. The summed E-state index contributed by atoms with van der Waals surface area (Å²) in [6.07, 6.45) is -0.803. The highest BCUT2D eigenvalue weighted by Crippen LogP contribution is 2.34. The maximum Gasteiger partial charge on any atom is 0.427 e. The summed E-state index contributed by atoms with van der Waals surface area (Å²) >= 11 is 0. The monoisotopic (exact) mass is 595 g/mol. The number of aliphatic hydroxyl groups is 1. The Balaban J connectivity index is 1.57. The van der Waals surface area contributed by atoms with Crippen molar-refractivity contribution in [1.82, 2.24) is 15.1 Å². The van der Waals surface area contributed by atoms with Crippen molar-refractivity contribution in [1.29, 1.82) is 0 Å². The summed E-state index contributed by atoms with van der Waals surface area (Å²) in [5, 5.41) is 16.2. The minimum atomic E-state index is -4.22. The molecule has 2 aromatic rings. The zero-order valence-electron chi connectivity index (χ0n) is 24.0. The summed E-state index contributed by atoms with van der Waals surface area (Å²) in [5.74, 6) is 1.29. The molecule has 3 N–H and O–H groups in total. The van der Waals surface area contributed by atoms with Gasteiger partial charge in [-0.2, -0.15) is 0 Å². The van der Waals surface area contributed by atoms with Gasteiger partial charge >= 0.3 is 6.09 Å². The SMILES string of the molecule is COCCNCCCOc1ccc(CC(NC(=O)ON(CC(C)C)S(=O)(=O)c2ccc3c(c2)OCO3)C(C)O)cc1. The minimum absolute atomic E-state index is 0.00264. The Hall–Kier alpha value is -3.10. The van der Waals surface area contributed by atoms with Crippen LogP contribution in [0.5, 0.6) is 17.2 Å². The lowest BCUT2D eigenvalue weighted by Gasteiger charge is -2.25. The molecule has 2 atom stereocenters. The van der Waals surface area contributed by atoms with Gasteiger partial charge in [0.15, 0.2) is 11.5 Å². The molecule has 1 heterocycles. The molecule has 0 bridgehead atoms. The zero-order chi connectivity index (χ0) is 29.8. The number of hydrogen-bond donors (Lipinski definition) is 3. The van der Waals surface area contributed by atoms with Crippen LogP contribution in [0.2, 0.25) is 0 Å². The van der Waals surface area contributed by atoms with E-state index in [1.807, 2.05) is 24.3 Å². The number of benzene rings is 2. The Kier molecular flexibility index (Phi) is 12.5. The van der Waals surface area contributed by atoms with E-state index in [0.717, 1.165) is 25.1 Å². The summed E-state index contributed by atoms with van der Waals surface area (Å²) in [6, 6.07) is 10.8. The average Bonchev–Trinajstić information content (AvgIpc) is 3.40. The molecule has 13 heteroatoms. The number of rotatable bonds is 17. The van der Waals surface area contributed by atoms with Gasteiger partial charge in [-0.05, 0) is 66.5 Å². The third-order valence-electron chi connectivity index (χ3n) is 6.12. The molecule has 0 fully saturated rings. The van der Waals surface area contributed by atoms with Crippen LogP contribution in [0.15, 0.2) is 47.4 Å². The first-order chi connectivity index (χ1) is 19.6. The first kappa shape index (κ1) is 32.4. The number of methoxy groups -OCH3 is 1. The first-order valence-corrected chi connectivity index (χ1v) is 15.0. The number of amides is 1. The number of ether oxygens (including phenoxy) is 4. The second-order valence-corrected chi connectivity index (χ2v) is 11.9. The van der Waals surface area contributed by atoms with Gasteiger partial charge in [-0.15, -0.1) is 0 Å². The summed E-state index contributed by atoms with van der Waals surface area (Å²) < 4.78 is 48.7. The van der Waals surface area contributed by atoms with E-state index in [1.54, 1.807) is 27.9 Å². The van der Waals surface area contributed by atoms with E-state index in [9.17, 15) is 18.3 Å². The Bertz CT molecular complexity index is 1210. The molecule has 41 heavy (non-hydrogen) atoms. The van der Waals surface area contributed by atoms with E-state index in [2.05, 4.69) is 10.6 Å². The van der Waals surface area contributed by atoms with Crippen molar-refractivity contribution >= 4 is 16.1 Å². The Morgan fingerprint density at radius 2 is 1.78 bits per heavy atom. The number of sulfonamides is 1. The van der Waals surface area contributed by atoms with Crippen molar-refractivity contribution in [2.75, 3.05) is 46.8 Å². The molecule has 3 rings (SSSR count). The van der Waals surface area contributed by atoms with Gasteiger partial charge in [-0.3, -0.25) is 0 Å². The van der Waals surface area contributed by atoms with Crippen molar-refractivity contribution in [2.45, 2.75) is 50.7 Å². The molecule has 2 unspecified atom stereocenters. The van der Waals surface area contributed by atoms with Crippen molar-refractivity contribution in [3.8, 4) is 17.2 Å². The Morgan fingerprint density at radius 1 is 1.05 bits per heavy atom. The fourth-order valence-electron chi connectivity index (χ4n) is 3.91. The number of carbonyl (C=O) groups is 1. The van der Waals surface area contributed by atoms with Crippen molar-refractivity contribution in [3.05, 3.63) is 48.0 Å². The van der Waals surface area contributed by atoms with E-state index in [0.29, 0.717) is 34.9 Å².